The molecule has 1 unspecified atom stereocenters. The largest absolute Gasteiger partial charge is 0.493 e. The Labute approximate surface area is 212 Å². The number of nitrogens with zero attached hydrogens (tertiary/aromatic N) is 4. The van der Waals surface area contributed by atoms with Crippen molar-refractivity contribution in [1.29, 1.82) is 0 Å². The topological polar surface area (TPSA) is 52.3 Å². The van der Waals surface area contributed by atoms with Crippen molar-refractivity contribution in [3.63, 3.8) is 0 Å². The molecule has 4 rings (SSSR count). The molecule has 0 saturated heterocycles. The van der Waals surface area contributed by atoms with E-state index in [1.165, 1.54) is 6.20 Å². The van der Waals surface area contributed by atoms with Gasteiger partial charge >= 0.3 is 6.18 Å². The van der Waals surface area contributed by atoms with Crippen molar-refractivity contribution < 1.29 is 17.9 Å². The van der Waals surface area contributed by atoms with E-state index in [4.69, 9.17) is 27.9 Å². The predicted octanol–water partition coefficient (Wildman–Crippen LogP) is 7.74. The molecule has 0 radical (unpaired) electrons. The molecule has 0 aliphatic heterocycles. The molecule has 4 aromatic rings. The van der Waals surface area contributed by atoms with Crippen LogP contribution in [0.15, 0.2) is 41.5 Å². The second-order valence-electron chi connectivity index (χ2n) is 7.59. The normalized spacial score (nSPS) is 12.9. The number of benzene rings is 1. The molecule has 3 aromatic heterocycles. The third kappa shape index (κ3) is 4.36. The first-order valence-corrected chi connectivity index (χ1v) is 11.8. The molecule has 1 atom stereocenters. The van der Waals surface area contributed by atoms with Gasteiger partial charge in [-0.25, -0.2) is 9.97 Å². The highest BCUT2D eigenvalue weighted by atomic mass is 79.9. The van der Waals surface area contributed by atoms with Gasteiger partial charge in [0.2, 0.25) is 0 Å². The number of rotatable bonds is 5. The van der Waals surface area contributed by atoms with Gasteiger partial charge in [0.1, 0.15) is 21.7 Å². The van der Waals surface area contributed by atoms with Gasteiger partial charge in [-0.2, -0.15) is 13.2 Å². The van der Waals surface area contributed by atoms with Gasteiger partial charge in [-0.05, 0) is 47.5 Å². The van der Waals surface area contributed by atoms with Crippen LogP contribution in [-0.4, -0.2) is 26.0 Å². The van der Waals surface area contributed by atoms with Gasteiger partial charge in [-0.15, -0.1) is 0 Å². The van der Waals surface area contributed by atoms with Crippen LogP contribution in [-0.2, 0) is 6.18 Å². The van der Waals surface area contributed by atoms with E-state index in [1.807, 2.05) is 6.92 Å². The zero-order valence-corrected chi connectivity index (χ0v) is 21.3. The van der Waals surface area contributed by atoms with E-state index in [2.05, 4.69) is 30.9 Å². The highest BCUT2D eigenvalue weighted by Crippen LogP contribution is 2.45. The first-order valence-electron chi connectivity index (χ1n) is 10.2. The molecule has 5 nitrogen and oxygen atoms in total. The molecule has 3 heterocycles. The smallest absolute Gasteiger partial charge is 0.417 e. The lowest BCUT2D eigenvalue weighted by Crippen LogP contribution is -2.09. The van der Waals surface area contributed by atoms with E-state index in [0.717, 1.165) is 12.3 Å². The summed E-state index contributed by atoms with van der Waals surface area (Å²) in [6.07, 6.45) is 0.923. The second-order valence-corrected chi connectivity index (χ2v) is 9.11. The number of fused-ring (bicyclic) bond motifs is 1. The lowest BCUT2D eigenvalue weighted by Gasteiger charge is -2.22. The van der Waals surface area contributed by atoms with Crippen LogP contribution in [0.5, 0.6) is 5.75 Å². The Bertz CT molecular complexity index is 1390. The zero-order chi connectivity index (χ0) is 24.8. The summed E-state index contributed by atoms with van der Waals surface area (Å²) >= 11 is 16.3. The van der Waals surface area contributed by atoms with E-state index in [-0.39, 0.29) is 16.6 Å². The lowest BCUT2D eigenvalue weighted by atomic mass is 9.91. The highest BCUT2D eigenvalue weighted by Gasteiger charge is 2.32. The molecule has 0 bridgehead atoms. The number of hydrogen-bond donors (Lipinski definition) is 0. The maximum absolute atomic E-state index is 13.4. The third-order valence-electron chi connectivity index (χ3n) is 5.50. The molecular weight excluding hydrogens is 556 g/mol. The summed E-state index contributed by atoms with van der Waals surface area (Å²) in [6.45, 7) is 5.75. The Kier molecular flexibility index (Phi) is 6.81. The van der Waals surface area contributed by atoms with Gasteiger partial charge in [-0.3, -0.25) is 9.38 Å². The van der Waals surface area contributed by atoms with Gasteiger partial charge < -0.3 is 4.74 Å². The third-order valence-corrected chi connectivity index (χ3v) is 6.72. The van der Waals surface area contributed by atoms with E-state index in [9.17, 15) is 13.2 Å². The van der Waals surface area contributed by atoms with Crippen molar-refractivity contribution in [2.45, 2.75) is 32.9 Å². The van der Waals surface area contributed by atoms with Crippen LogP contribution in [0.4, 0.5) is 13.2 Å². The molecule has 0 N–H and O–H groups in total. The molecule has 0 aliphatic carbocycles. The predicted molar refractivity (Wildman–Crippen MR) is 129 cm³/mol. The summed E-state index contributed by atoms with van der Waals surface area (Å²) in [5.41, 5.74) is 1.71. The fourth-order valence-electron chi connectivity index (χ4n) is 3.87. The minimum Gasteiger partial charge on any atom is -0.493 e. The maximum atomic E-state index is 13.4. The van der Waals surface area contributed by atoms with Gasteiger partial charge in [-0.1, -0.05) is 30.1 Å². The van der Waals surface area contributed by atoms with Crippen molar-refractivity contribution in [3.05, 3.63) is 74.2 Å². The fraction of sp³-hybridized carbons (Fsp3) is 0.261. The van der Waals surface area contributed by atoms with E-state index >= 15 is 0 Å². The van der Waals surface area contributed by atoms with Gasteiger partial charge in [0.25, 0.3) is 0 Å². The molecular formula is C23H18BrCl2F3N4O. The highest BCUT2D eigenvalue weighted by molar-refractivity contribution is 9.10. The molecule has 0 amide bonds. The Morgan fingerprint density at radius 3 is 2.62 bits per heavy atom. The molecule has 34 heavy (non-hydrogen) atoms. The first-order chi connectivity index (χ1) is 16.0. The number of hydrogen-bond acceptors (Lipinski definition) is 4. The van der Waals surface area contributed by atoms with Crippen molar-refractivity contribution >= 4 is 44.6 Å². The Hall–Kier alpha value is -2.36. The van der Waals surface area contributed by atoms with Crippen molar-refractivity contribution in [2.75, 3.05) is 6.61 Å². The number of ether oxygens (including phenoxy) is 1. The number of pyridine rings is 1. The quantitative estimate of drug-likeness (QED) is 0.245. The van der Waals surface area contributed by atoms with Crippen LogP contribution in [0.1, 0.15) is 42.3 Å². The summed E-state index contributed by atoms with van der Waals surface area (Å²) in [7, 11) is 0. The number of aromatic nitrogens is 4. The van der Waals surface area contributed by atoms with Gasteiger partial charge in [0, 0.05) is 52.4 Å². The van der Waals surface area contributed by atoms with E-state index in [1.54, 1.807) is 36.7 Å². The maximum Gasteiger partial charge on any atom is 0.417 e. The van der Waals surface area contributed by atoms with Gasteiger partial charge in [0.05, 0.1) is 12.2 Å². The summed E-state index contributed by atoms with van der Waals surface area (Å²) < 4.78 is 48.5. The van der Waals surface area contributed by atoms with Crippen molar-refractivity contribution in [1.82, 2.24) is 19.4 Å². The Morgan fingerprint density at radius 1 is 1.21 bits per heavy atom. The summed E-state index contributed by atoms with van der Waals surface area (Å²) in [6, 6.07) is 2.81. The average Bonchev–Trinajstić information content (AvgIpc) is 3.13. The molecule has 0 fully saturated rings. The van der Waals surface area contributed by atoms with Crippen molar-refractivity contribution in [2.24, 2.45) is 0 Å². The van der Waals surface area contributed by atoms with Crippen LogP contribution in [0.3, 0.4) is 0 Å². The molecule has 11 heteroatoms. The van der Waals surface area contributed by atoms with E-state index in [0.29, 0.717) is 50.0 Å². The minimum absolute atomic E-state index is 0.258. The van der Waals surface area contributed by atoms with Crippen LogP contribution in [0.25, 0.3) is 16.6 Å². The van der Waals surface area contributed by atoms with Crippen LogP contribution < -0.4 is 4.74 Å². The molecule has 1 aromatic carbocycles. The number of halogens is 6. The van der Waals surface area contributed by atoms with Crippen LogP contribution >= 0.6 is 39.1 Å². The number of alkyl halides is 3. The van der Waals surface area contributed by atoms with E-state index < -0.39 is 11.7 Å². The second kappa shape index (κ2) is 9.36. The Balaban J connectivity index is 1.97. The standard InChI is InChI=1S/C23H18BrCl2F3N4O/c1-4-34-19-15(11(2)22-32-20(24)18-21(26)31-5-6-33(18)22)8-16(25)12(3)17(19)13-7-14(10-30-9-13)23(27,28)29/h5-11H,4H2,1-3H3. The first kappa shape index (κ1) is 24.8. The summed E-state index contributed by atoms with van der Waals surface area (Å²) in [4.78, 5) is 12.5. The monoisotopic (exact) mass is 572 g/mol. The Morgan fingerprint density at radius 2 is 1.94 bits per heavy atom. The summed E-state index contributed by atoms with van der Waals surface area (Å²) in [5.74, 6) is 0.681. The fourth-order valence-corrected chi connectivity index (χ4v) is 5.00. The minimum atomic E-state index is -4.54. The van der Waals surface area contributed by atoms with Gasteiger partial charge in [0.15, 0.2) is 5.15 Å². The van der Waals surface area contributed by atoms with Crippen LogP contribution in [0.2, 0.25) is 10.2 Å². The zero-order valence-electron chi connectivity index (χ0n) is 18.2. The lowest BCUT2D eigenvalue weighted by molar-refractivity contribution is -0.137. The molecule has 0 aliphatic rings. The summed E-state index contributed by atoms with van der Waals surface area (Å²) in [5, 5.41) is 0.667. The molecule has 0 saturated carbocycles. The molecule has 178 valence electrons. The van der Waals surface area contributed by atoms with Crippen LogP contribution in [0, 0.1) is 6.92 Å². The number of imidazole rings is 1. The van der Waals surface area contributed by atoms with Crippen molar-refractivity contribution in [3.8, 4) is 16.9 Å². The molecule has 0 spiro atoms. The average molecular weight is 574 g/mol. The SMILES string of the molecule is CCOc1c(C(C)c2nc(Br)c3c(Cl)nccn23)cc(Cl)c(C)c1-c1cncc(C(F)(F)F)c1.